The van der Waals surface area contributed by atoms with Crippen LogP contribution in [-0.4, -0.2) is 22.5 Å². The Bertz CT molecular complexity index is 942. The quantitative estimate of drug-likeness (QED) is 0.514. The van der Waals surface area contributed by atoms with Crippen LogP contribution in [0.15, 0.2) is 54.6 Å². The number of urea groups is 1. The number of para-hydroxylation sites is 1. The van der Waals surface area contributed by atoms with Gasteiger partial charge < -0.3 is 10.2 Å². The van der Waals surface area contributed by atoms with Crippen LogP contribution in [0.2, 0.25) is 10.2 Å². The van der Waals surface area contributed by atoms with E-state index in [1.54, 1.807) is 29.2 Å². The van der Waals surface area contributed by atoms with Crippen LogP contribution < -0.4 is 5.32 Å². The summed E-state index contributed by atoms with van der Waals surface area (Å²) in [6.45, 7) is 5.13. The number of benzene rings is 2. The van der Waals surface area contributed by atoms with E-state index in [4.69, 9.17) is 23.2 Å². The topological polar surface area (TPSA) is 45.2 Å². The fourth-order valence-electron chi connectivity index (χ4n) is 2.85. The molecule has 0 fully saturated rings. The van der Waals surface area contributed by atoms with Crippen LogP contribution in [0.4, 0.5) is 10.5 Å². The highest BCUT2D eigenvalue weighted by molar-refractivity contribution is 6.31. The van der Waals surface area contributed by atoms with Crippen molar-refractivity contribution in [3.63, 3.8) is 0 Å². The summed E-state index contributed by atoms with van der Waals surface area (Å²) in [5.74, 6) is 0.313. The van der Waals surface area contributed by atoms with Gasteiger partial charge in [0.1, 0.15) is 5.15 Å². The average Bonchev–Trinajstić information content (AvgIpc) is 2.63. The van der Waals surface area contributed by atoms with Gasteiger partial charge in [0, 0.05) is 28.2 Å². The molecule has 3 rings (SSSR count). The van der Waals surface area contributed by atoms with Crippen LogP contribution in [0.25, 0.3) is 10.9 Å². The predicted octanol–water partition coefficient (Wildman–Crippen LogP) is 6.23. The molecule has 2 amide bonds. The first-order valence-electron chi connectivity index (χ1n) is 8.78. The maximum absolute atomic E-state index is 12.8. The molecule has 0 spiro atoms. The van der Waals surface area contributed by atoms with Crippen molar-refractivity contribution in [2.75, 3.05) is 11.9 Å². The molecule has 4 nitrogen and oxygen atoms in total. The third-order valence-electron chi connectivity index (χ3n) is 4.08. The second-order valence-corrected chi connectivity index (χ2v) is 7.64. The highest BCUT2D eigenvalue weighted by atomic mass is 35.5. The van der Waals surface area contributed by atoms with Gasteiger partial charge in [0.2, 0.25) is 0 Å². The molecule has 0 aliphatic carbocycles. The number of amides is 2. The van der Waals surface area contributed by atoms with Gasteiger partial charge in [-0.05, 0) is 42.3 Å². The Morgan fingerprint density at radius 3 is 2.52 bits per heavy atom. The molecule has 2 aromatic carbocycles. The van der Waals surface area contributed by atoms with Crippen molar-refractivity contribution in [3.8, 4) is 0 Å². The van der Waals surface area contributed by atoms with Crippen LogP contribution in [-0.2, 0) is 6.54 Å². The molecule has 1 aromatic heterocycles. The minimum absolute atomic E-state index is 0.185. The van der Waals surface area contributed by atoms with Gasteiger partial charge in [-0.15, -0.1) is 0 Å². The summed E-state index contributed by atoms with van der Waals surface area (Å²) >= 11 is 12.3. The number of aromatic nitrogens is 1. The molecule has 0 saturated carbocycles. The number of fused-ring (bicyclic) bond motifs is 1. The normalized spacial score (nSPS) is 11.0. The summed E-state index contributed by atoms with van der Waals surface area (Å²) in [7, 11) is 0. The monoisotopic (exact) mass is 401 g/mol. The fourth-order valence-corrected chi connectivity index (χ4v) is 3.18. The standard InChI is InChI=1S/C21H21Cl2N3O/c1-14(2)12-26(21(27)24-18-9-7-17(22)8-10-18)13-16-11-15-5-3-4-6-19(15)25-20(16)23/h3-11,14H,12-13H2,1-2H3,(H,24,27). The number of anilines is 1. The molecule has 140 valence electrons. The summed E-state index contributed by atoms with van der Waals surface area (Å²) in [6.07, 6.45) is 0. The third kappa shape index (κ3) is 5.12. The molecule has 27 heavy (non-hydrogen) atoms. The third-order valence-corrected chi connectivity index (χ3v) is 4.66. The van der Waals surface area contributed by atoms with E-state index >= 15 is 0 Å². The van der Waals surface area contributed by atoms with Crippen molar-refractivity contribution in [3.05, 3.63) is 70.3 Å². The maximum Gasteiger partial charge on any atom is 0.322 e. The molecule has 1 heterocycles. The summed E-state index contributed by atoms with van der Waals surface area (Å²) in [4.78, 5) is 19.0. The number of carbonyl (C=O) groups excluding carboxylic acids is 1. The first kappa shape index (κ1) is 19.5. The van der Waals surface area contributed by atoms with Crippen molar-refractivity contribution in [1.29, 1.82) is 0 Å². The lowest BCUT2D eigenvalue weighted by Crippen LogP contribution is -2.37. The zero-order valence-corrected chi connectivity index (χ0v) is 16.8. The second-order valence-electron chi connectivity index (χ2n) is 6.84. The van der Waals surface area contributed by atoms with Gasteiger partial charge in [0.05, 0.1) is 12.1 Å². The molecule has 0 radical (unpaired) electrons. The molecule has 0 saturated heterocycles. The predicted molar refractivity (Wildman–Crippen MR) is 112 cm³/mol. The van der Waals surface area contributed by atoms with Crippen molar-refractivity contribution in [2.45, 2.75) is 20.4 Å². The molecule has 1 N–H and O–H groups in total. The number of hydrogen-bond acceptors (Lipinski definition) is 2. The second kappa shape index (κ2) is 8.59. The van der Waals surface area contributed by atoms with E-state index in [1.807, 2.05) is 30.3 Å². The Balaban J connectivity index is 1.83. The van der Waals surface area contributed by atoms with E-state index in [9.17, 15) is 4.79 Å². The van der Waals surface area contributed by atoms with E-state index in [2.05, 4.69) is 24.1 Å². The van der Waals surface area contributed by atoms with Gasteiger partial charge in [-0.3, -0.25) is 0 Å². The van der Waals surface area contributed by atoms with E-state index in [-0.39, 0.29) is 6.03 Å². The molecule has 0 aliphatic rings. The first-order chi connectivity index (χ1) is 12.9. The molecule has 0 aliphatic heterocycles. The first-order valence-corrected chi connectivity index (χ1v) is 9.53. The zero-order chi connectivity index (χ0) is 19.4. The summed E-state index contributed by atoms with van der Waals surface area (Å²) in [6, 6.07) is 16.6. The van der Waals surface area contributed by atoms with Crippen LogP contribution >= 0.6 is 23.2 Å². The van der Waals surface area contributed by atoms with Gasteiger partial charge in [0.15, 0.2) is 0 Å². The number of halogens is 2. The van der Waals surface area contributed by atoms with E-state index in [1.165, 1.54) is 0 Å². The molecule has 6 heteroatoms. The minimum atomic E-state index is -0.185. The van der Waals surface area contributed by atoms with Gasteiger partial charge in [-0.25, -0.2) is 9.78 Å². The summed E-state index contributed by atoms with van der Waals surface area (Å²) in [5, 5.41) is 4.96. The van der Waals surface area contributed by atoms with Crippen molar-refractivity contribution >= 4 is 45.8 Å². The molecular formula is C21H21Cl2N3O. The van der Waals surface area contributed by atoms with Crippen molar-refractivity contribution in [2.24, 2.45) is 5.92 Å². The number of carbonyl (C=O) groups is 1. The lowest BCUT2D eigenvalue weighted by Gasteiger charge is -2.25. The van der Waals surface area contributed by atoms with Crippen molar-refractivity contribution < 1.29 is 4.79 Å². The lowest BCUT2D eigenvalue weighted by atomic mass is 10.1. The molecule has 0 unspecified atom stereocenters. The van der Waals surface area contributed by atoms with E-state index in [0.717, 1.165) is 16.5 Å². The van der Waals surface area contributed by atoms with E-state index < -0.39 is 0 Å². The molecular weight excluding hydrogens is 381 g/mol. The largest absolute Gasteiger partial charge is 0.322 e. The highest BCUT2D eigenvalue weighted by Gasteiger charge is 2.18. The number of rotatable bonds is 5. The number of nitrogens with one attached hydrogen (secondary N) is 1. The van der Waals surface area contributed by atoms with Crippen LogP contribution in [0.3, 0.4) is 0 Å². The summed E-state index contributed by atoms with van der Waals surface area (Å²) < 4.78 is 0. The summed E-state index contributed by atoms with van der Waals surface area (Å²) in [5.41, 5.74) is 2.36. The Morgan fingerprint density at radius 2 is 1.81 bits per heavy atom. The number of hydrogen-bond donors (Lipinski definition) is 1. The average molecular weight is 402 g/mol. The van der Waals surface area contributed by atoms with Gasteiger partial charge in [-0.1, -0.05) is 55.2 Å². The lowest BCUT2D eigenvalue weighted by molar-refractivity contribution is 0.201. The fraction of sp³-hybridized carbons (Fsp3) is 0.238. The molecule has 0 bridgehead atoms. The van der Waals surface area contributed by atoms with Gasteiger partial charge in [0.25, 0.3) is 0 Å². The van der Waals surface area contributed by atoms with E-state index in [0.29, 0.717) is 34.9 Å². The highest BCUT2D eigenvalue weighted by Crippen LogP contribution is 2.23. The van der Waals surface area contributed by atoms with Crippen LogP contribution in [0, 0.1) is 5.92 Å². The SMILES string of the molecule is CC(C)CN(Cc1cc2ccccc2nc1Cl)C(=O)Nc1ccc(Cl)cc1. The Morgan fingerprint density at radius 1 is 1.11 bits per heavy atom. The molecule has 3 aromatic rings. The Hall–Kier alpha value is -2.30. The number of nitrogens with zero attached hydrogens (tertiary/aromatic N) is 2. The number of pyridine rings is 1. The van der Waals surface area contributed by atoms with Crippen LogP contribution in [0.1, 0.15) is 19.4 Å². The van der Waals surface area contributed by atoms with Gasteiger partial charge in [-0.2, -0.15) is 0 Å². The van der Waals surface area contributed by atoms with Gasteiger partial charge >= 0.3 is 6.03 Å². The zero-order valence-electron chi connectivity index (χ0n) is 15.2. The van der Waals surface area contributed by atoms with Crippen LogP contribution in [0.5, 0.6) is 0 Å². The maximum atomic E-state index is 12.8. The Labute approximate surface area is 169 Å². The minimum Gasteiger partial charge on any atom is -0.320 e. The van der Waals surface area contributed by atoms with Crippen molar-refractivity contribution in [1.82, 2.24) is 9.88 Å². The Kier molecular flexibility index (Phi) is 6.19. The smallest absolute Gasteiger partial charge is 0.320 e. The molecule has 0 atom stereocenters.